The molecule has 0 bridgehead atoms. The molecule has 13 heavy (non-hydrogen) atoms. The van der Waals surface area contributed by atoms with Gasteiger partial charge in [0.15, 0.2) is 0 Å². The largest absolute Gasteiger partial charge is 3.00 e. The van der Waals surface area contributed by atoms with Crippen LogP contribution in [0.25, 0.3) is 0 Å². The Morgan fingerprint density at radius 2 is 0.0769 bits per heavy atom. The van der Waals surface area contributed by atoms with Crippen molar-refractivity contribution < 1.29 is 610 Å². The molecule has 0 amide bonds. The molecule has 0 aliphatic carbocycles. The van der Waals surface area contributed by atoms with Crippen molar-refractivity contribution in [3.63, 3.8) is 0 Å². The molecular formula is Yb13+39. The maximum atomic E-state index is 0. The third kappa shape index (κ3) is 72.0. The van der Waals surface area contributed by atoms with Crippen molar-refractivity contribution in [1.29, 1.82) is 0 Å². The van der Waals surface area contributed by atoms with Crippen LogP contribution >= 0.6 is 0 Å². The van der Waals surface area contributed by atoms with Gasteiger partial charge in [-0.15, -0.1) is 0 Å². The van der Waals surface area contributed by atoms with Crippen molar-refractivity contribution in [2.75, 3.05) is 0 Å². The van der Waals surface area contributed by atoms with E-state index in [0.717, 1.165) is 0 Å². The topological polar surface area (TPSA) is 0 Å². The average molecular weight is 2250 g/mol. The molecule has 0 aromatic carbocycles. The summed E-state index contributed by atoms with van der Waals surface area (Å²) in [6.07, 6.45) is 0. The van der Waals surface area contributed by atoms with Crippen molar-refractivity contribution in [2.24, 2.45) is 0 Å². The maximum absolute atomic E-state index is 0. The van der Waals surface area contributed by atoms with Crippen molar-refractivity contribution >= 4 is 0 Å². The molecule has 0 aromatic heterocycles. The van der Waals surface area contributed by atoms with Crippen LogP contribution in [-0.2, 0) is 0 Å². The Morgan fingerprint density at radius 1 is 0.0769 bits per heavy atom. The molecule has 13 heteroatoms. The van der Waals surface area contributed by atoms with Crippen LogP contribution in [-0.4, -0.2) is 0 Å². The van der Waals surface area contributed by atoms with Gasteiger partial charge in [0.25, 0.3) is 0 Å². The van der Waals surface area contributed by atoms with Gasteiger partial charge in [0.2, 0.25) is 0 Å². The number of rotatable bonds is 0. The van der Waals surface area contributed by atoms with E-state index >= 15 is 0 Å². The molecule has 0 atom stereocenters. The van der Waals surface area contributed by atoms with Gasteiger partial charge in [-0.2, -0.15) is 0 Å². The predicted molar refractivity (Wildman–Crippen MR) is 0 cm³/mol. The summed E-state index contributed by atoms with van der Waals surface area (Å²) in [4.78, 5) is 0. The maximum Gasteiger partial charge on any atom is 3.00 e. The summed E-state index contributed by atoms with van der Waals surface area (Å²) in [5, 5.41) is 0. The molecular weight excluding hydrogens is 2250 g/mol. The Balaban J connectivity index is 0. The zero-order chi connectivity index (χ0) is 0. The minimum atomic E-state index is 0. The number of hydrogen-bond donors (Lipinski definition) is 0. The molecule has 0 nitrogen and oxygen atoms in total. The second-order valence-corrected chi connectivity index (χ2v) is 0. The van der Waals surface area contributed by atoms with Crippen LogP contribution in [0.2, 0.25) is 0 Å². The summed E-state index contributed by atoms with van der Waals surface area (Å²) in [7, 11) is 0. The van der Waals surface area contributed by atoms with E-state index in [1.807, 2.05) is 0 Å². The molecule has 0 aliphatic heterocycles. The molecule has 0 aliphatic rings. The van der Waals surface area contributed by atoms with E-state index in [1.165, 1.54) is 0 Å². The van der Waals surface area contributed by atoms with E-state index in [1.54, 1.807) is 0 Å². The van der Waals surface area contributed by atoms with E-state index in [9.17, 15) is 0 Å². The van der Waals surface area contributed by atoms with Crippen LogP contribution in [0.4, 0.5) is 0 Å². The summed E-state index contributed by atoms with van der Waals surface area (Å²) < 4.78 is 0. The Labute approximate surface area is 583 Å². The van der Waals surface area contributed by atoms with Crippen LogP contribution < -0.4 is 0 Å². The van der Waals surface area contributed by atoms with Gasteiger partial charge in [0, 0.05) is 0 Å². The molecule has 0 N–H and O–H groups in total. The summed E-state index contributed by atoms with van der Waals surface area (Å²) in [5.41, 5.74) is 0. The minimum absolute atomic E-state index is 0. The van der Waals surface area contributed by atoms with Gasteiger partial charge in [-0.3, -0.25) is 0 Å². The molecule has 13 radical (unpaired) electrons. The second-order valence-electron chi connectivity index (χ2n) is 0. The van der Waals surface area contributed by atoms with Crippen LogP contribution in [0.15, 0.2) is 0 Å². The van der Waals surface area contributed by atoms with Gasteiger partial charge in [0.05, 0.1) is 0 Å². The van der Waals surface area contributed by atoms with E-state index in [2.05, 4.69) is 0 Å². The Bertz CT molecular complexity index is 0. The van der Waals surface area contributed by atoms with Crippen molar-refractivity contribution in [2.45, 2.75) is 0 Å². The summed E-state index contributed by atoms with van der Waals surface area (Å²) in [5.74, 6) is 0. The Kier molecular flexibility index (Phi) is 501. The van der Waals surface area contributed by atoms with E-state index in [0.29, 0.717) is 0 Å². The fraction of sp³-hybridized carbons (Fsp3) is 0. The first-order valence-electron chi connectivity index (χ1n) is 0. The summed E-state index contributed by atoms with van der Waals surface area (Å²) in [6.45, 7) is 0. The third-order valence-electron chi connectivity index (χ3n) is 0. The summed E-state index contributed by atoms with van der Waals surface area (Å²) >= 11 is 0. The van der Waals surface area contributed by atoms with E-state index in [-0.39, 0.29) is 610 Å². The van der Waals surface area contributed by atoms with Crippen LogP contribution in [0.5, 0.6) is 0 Å². The second kappa shape index (κ2) is 77.0. The Hall–Kier alpha value is 19.8. The normalized spacial score (nSPS) is 0. The van der Waals surface area contributed by atoms with Gasteiger partial charge in [-0.25, -0.2) is 0 Å². The molecule has 0 fully saturated rings. The third-order valence-corrected chi connectivity index (χ3v) is 0. The quantitative estimate of drug-likeness (QED) is 0.321. The molecule has 0 saturated heterocycles. The fourth-order valence-corrected chi connectivity index (χ4v) is 0. The molecule has 0 spiro atoms. The minimum Gasteiger partial charge on any atom is 3.00 e. The average Bonchev–Trinajstić information content (AvgIpc) is 0. The van der Waals surface area contributed by atoms with Gasteiger partial charge in [0.1, 0.15) is 0 Å². The smallest absolute Gasteiger partial charge is 3.00 e. The fourth-order valence-electron chi connectivity index (χ4n) is 0. The van der Waals surface area contributed by atoms with Crippen LogP contribution in [0.3, 0.4) is 0 Å². The monoisotopic (exact) mass is 2260 g/mol. The van der Waals surface area contributed by atoms with E-state index in [4.69, 9.17) is 0 Å². The van der Waals surface area contributed by atoms with Gasteiger partial charge >= 0.3 is 610 Å². The van der Waals surface area contributed by atoms with Crippen LogP contribution in [0, 0.1) is 610 Å². The molecule has 0 heterocycles. The number of hydrogen-bond acceptors (Lipinski definition) is 0. The molecule has 0 rings (SSSR count). The zero-order valence-electron chi connectivity index (χ0n) is 3.47. The SMILES string of the molecule is [Yb+3].[Yb+3].[Yb+3].[Yb+3].[Yb+3].[Yb+3].[Yb+3].[Yb+3].[Yb+3].[Yb+3].[Yb+3].[Yb+3].[Yb+3]. The van der Waals surface area contributed by atoms with Gasteiger partial charge < -0.3 is 0 Å². The first kappa shape index (κ1) is 84.6. The molecule has 0 aromatic rings. The molecule has 0 saturated carbocycles. The predicted octanol–water partition coefficient (Wildman–Crippen LogP) is 0. The standard InChI is InChI=1S/13Yb/q13*+3. The zero-order valence-corrected chi connectivity index (χ0v) is 25.8. The molecule has 143 valence electrons. The first-order chi connectivity index (χ1) is 0. The first-order valence-corrected chi connectivity index (χ1v) is 0. The van der Waals surface area contributed by atoms with Gasteiger partial charge in [-0.1, -0.05) is 0 Å². The van der Waals surface area contributed by atoms with Gasteiger partial charge in [-0.05, 0) is 0 Å². The van der Waals surface area contributed by atoms with Crippen molar-refractivity contribution in [1.82, 2.24) is 0 Å². The summed E-state index contributed by atoms with van der Waals surface area (Å²) in [6, 6.07) is 0. The van der Waals surface area contributed by atoms with Crippen LogP contribution in [0.1, 0.15) is 0 Å². The van der Waals surface area contributed by atoms with Crippen molar-refractivity contribution in [3.05, 3.63) is 0 Å². The molecule has 0 unspecified atom stereocenters. The van der Waals surface area contributed by atoms with Crippen molar-refractivity contribution in [3.8, 4) is 0 Å². The Morgan fingerprint density at radius 3 is 0.0769 bits per heavy atom. The van der Waals surface area contributed by atoms with E-state index < -0.39 is 0 Å².